The molecule has 0 aliphatic rings. The number of hydrogen-bond acceptors (Lipinski definition) is 5. The summed E-state index contributed by atoms with van der Waals surface area (Å²) >= 11 is 5.71. The van der Waals surface area contributed by atoms with Crippen LogP contribution in [-0.2, 0) is 19.4 Å². The van der Waals surface area contributed by atoms with E-state index in [1.807, 2.05) is 0 Å². The number of sulfone groups is 1. The molecule has 1 aromatic rings. The zero-order valence-corrected chi connectivity index (χ0v) is 14.5. The van der Waals surface area contributed by atoms with Crippen molar-refractivity contribution in [2.45, 2.75) is 17.4 Å². The van der Waals surface area contributed by atoms with E-state index in [1.165, 1.54) is 31.4 Å². The number of nitrogens with two attached hydrogens (primary N) is 1. The molecule has 0 aliphatic heterocycles. The molecule has 0 fully saturated rings. The fraction of sp³-hybridized carbons (Fsp3) is 0.462. The molecule has 1 unspecified atom stereocenters. The lowest BCUT2D eigenvalue weighted by atomic mass is 10.2. The molecular formula is C13H20Cl2N2O4S. The maximum atomic E-state index is 12.0. The second kappa shape index (κ2) is 10.0. The second-order valence-corrected chi connectivity index (χ2v) is 6.97. The molecule has 1 atom stereocenters. The Morgan fingerprint density at radius 1 is 1.36 bits per heavy atom. The standard InChI is InChI=1S/C13H19ClN2O4S.ClH/c1-20-11(9-15)8-13(17)16-6-7-21(18,19)12-4-2-10(14)3-5-12;/h2-5,11H,6-9,15H2,1H3,(H,16,17);1H. The van der Waals surface area contributed by atoms with Crippen LogP contribution in [0.2, 0.25) is 5.02 Å². The molecule has 0 aliphatic carbocycles. The summed E-state index contributed by atoms with van der Waals surface area (Å²) in [7, 11) is -1.97. The quantitative estimate of drug-likeness (QED) is 0.711. The lowest BCUT2D eigenvalue weighted by molar-refractivity contribution is -0.123. The molecule has 0 bridgehead atoms. The fourth-order valence-corrected chi connectivity index (χ4v) is 2.91. The van der Waals surface area contributed by atoms with E-state index in [0.717, 1.165) is 0 Å². The van der Waals surface area contributed by atoms with Crippen LogP contribution in [0, 0.1) is 0 Å². The Kier molecular flexibility index (Phi) is 9.63. The number of rotatable bonds is 8. The van der Waals surface area contributed by atoms with E-state index in [2.05, 4.69) is 5.32 Å². The molecule has 0 aromatic heterocycles. The van der Waals surface area contributed by atoms with E-state index >= 15 is 0 Å². The molecule has 0 heterocycles. The summed E-state index contributed by atoms with van der Waals surface area (Å²) in [6.07, 6.45) is -0.258. The SMILES string of the molecule is COC(CN)CC(=O)NCCS(=O)(=O)c1ccc(Cl)cc1.Cl. The minimum atomic E-state index is -3.44. The van der Waals surface area contributed by atoms with Crippen molar-refractivity contribution < 1.29 is 17.9 Å². The Hall–Kier alpha value is -0.860. The van der Waals surface area contributed by atoms with Crippen LogP contribution in [0.15, 0.2) is 29.2 Å². The number of nitrogens with one attached hydrogen (secondary N) is 1. The van der Waals surface area contributed by atoms with Crippen molar-refractivity contribution in [3.05, 3.63) is 29.3 Å². The highest BCUT2D eigenvalue weighted by Gasteiger charge is 2.16. The van der Waals surface area contributed by atoms with E-state index in [-0.39, 0.29) is 54.6 Å². The molecule has 1 aromatic carbocycles. The van der Waals surface area contributed by atoms with Crippen LogP contribution in [0.5, 0.6) is 0 Å². The molecule has 126 valence electrons. The molecule has 0 radical (unpaired) electrons. The van der Waals surface area contributed by atoms with Crippen LogP contribution < -0.4 is 11.1 Å². The predicted octanol–water partition coefficient (Wildman–Crippen LogP) is 1.02. The summed E-state index contributed by atoms with van der Waals surface area (Å²) in [5.41, 5.74) is 5.41. The summed E-state index contributed by atoms with van der Waals surface area (Å²) in [6, 6.07) is 5.90. The molecule has 0 spiro atoms. The number of amides is 1. The van der Waals surface area contributed by atoms with E-state index in [9.17, 15) is 13.2 Å². The van der Waals surface area contributed by atoms with E-state index in [1.54, 1.807) is 0 Å². The minimum Gasteiger partial charge on any atom is -0.380 e. The van der Waals surface area contributed by atoms with Gasteiger partial charge in [-0.2, -0.15) is 0 Å². The maximum Gasteiger partial charge on any atom is 0.222 e. The molecule has 1 rings (SSSR count). The average molecular weight is 371 g/mol. The first-order valence-corrected chi connectivity index (χ1v) is 8.40. The van der Waals surface area contributed by atoms with Crippen molar-refractivity contribution in [3.8, 4) is 0 Å². The fourth-order valence-electron chi connectivity index (χ4n) is 1.63. The van der Waals surface area contributed by atoms with Crippen LogP contribution in [0.3, 0.4) is 0 Å². The molecule has 1 amide bonds. The van der Waals surface area contributed by atoms with Gasteiger partial charge in [-0.25, -0.2) is 8.42 Å². The van der Waals surface area contributed by atoms with Crippen molar-refractivity contribution >= 4 is 39.8 Å². The monoisotopic (exact) mass is 370 g/mol. The third-order valence-corrected chi connectivity index (χ3v) is 4.86. The van der Waals surface area contributed by atoms with Crippen molar-refractivity contribution in [1.29, 1.82) is 0 Å². The Labute approximate surface area is 141 Å². The largest absolute Gasteiger partial charge is 0.380 e. The first kappa shape index (κ1) is 21.1. The summed E-state index contributed by atoms with van der Waals surface area (Å²) in [6.45, 7) is 0.262. The summed E-state index contributed by atoms with van der Waals surface area (Å²) in [4.78, 5) is 11.8. The van der Waals surface area contributed by atoms with Gasteiger partial charge in [0.1, 0.15) is 0 Å². The zero-order chi connectivity index (χ0) is 15.9. The number of hydrogen-bond donors (Lipinski definition) is 2. The van der Waals surface area contributed by atoms with E-state index in [4.69, 9.17) is 22.1 Å². The van der Waals surface area contributed by atoms with Gasteiger partial charge in [-0.15, -0.1) is 12.4 Å². The molecular weight excluding hydrogens is 351 g/mol. The van der Waals surface area contributed by atoms with Gasteiger partial charge < -0.3 is 15.8 Å². The van der Waals surface area contributed by atoms with E-state index in [0.29, 0.717) is 5.02 Å². The summed E-state index contributed by atoms with van der Waals surface area (Å²) < 4.78 is 29.0. The van der Waals surface area contributed by atoms with Gasteiger partial charge in [0.2, 0.25) is 5.91 Å². The zero-order valence-electron chi connectivity index (χ0n) is 12.1. The third kappa shape index (κ3) is 6.93. The van der Waals surface area contributed by atoms with E-state index < -0.39 is 9.84 Å². The number of carbonyl (C=O) groups is 1. The maximum absolute atomic E-state index is 12.0. The van der Waals surface area contributed by atoms with Gasteiger partial charge in [-0.1, -0.05) is 11.6 Å². The summed E-state index contributed by atoms with van der Waals surface area (Å²) in [5.74, 6) is -0.473. The van der Waals surface area contributed by atoms with Crippen LogP contribution in [-0.4, -0.2) is 46.4 Å². The second-order valence-electron chi connectivity index (χ2n) is 4.42. The number of benzene rings is 1. The van der Waals surface area contributed by atoms with Gasteiger partial charge in [0.05, 0.1) is 23.2 Å². The van der Waals surface area contributed by atoms with Crippen LogP contribution in [0.1, 0.15) is 6.42 Å². The molecule has 6 nitrogen and oxygen atoms in total. The van der Waals surface area contributed by atoms with Crippen molar-refractivity contribution in [1.82, 2.24) is 5.32 Å². The molecule has 9 heteroatoms. The molecule has 0 saturated carbocycles. The highest BCUT2D eigenvalue weighted by molar-refractivity contribution is 7.91. The Bertz CT molecular complexity index is 560. The van der Waals surface area contributed by atoms with Crippen LogP contribution in [0.4, 0.5) is 0 Å². The number of ether oxygens (including phenoxy) is 1. The van der Waals surface area contributed by atoms with Gasteiger partial charge in [-0.05, 0) is 24.3 Å². The lowest BCUT2D eigenvalue weighted by Gasteiger charge is -2.12. The van der Waals surface area contributed by atoms with Gasteiger partial charge in [0, 0.05) is 25.2 Å². The highest BCUT2D eigenvalue weighted by atomic mass is 35.5. The Morgan fingerprint density at radius 3 is 2.45 bits per heavy atom. The van der Waals surface area contributed by atoms with Gasteiger partial charge in [0.15, 0.2) is 9.84 Å². The highest BCUT2D eigenvalue weighted by Crippen LogP contribution is 2.15. The van der Waals surface area contributed by atoms with Crippen molar-refractivity contribution in [3.63, 3.8) is 0 Å². The topological polar surface area (TPSA) is 98.5 Å². The Balaban J connectivity index is 0.00000441. The van der Waals surface area contributed by atoms with Crippen molar-refractivity contribution in [2.24, 2.45) is 5.73 Å². The third-order valence-electron chi connectivity index (χ3n) is 2.88. The number of carbonyl (C=O) groups excluding carboxylic acids is 1. The Morgan fingerprint density at radius 2 is 1.95 bits per heavy atom. The van der Waals surface area contributed by atoms with Gasteiger partial charge in [0.25, 0.3) is 0 Å². The first-order chi connectivity index (χ1) is 9.89. The lowest BCUT2D eigenvalue weighted by Crippen LogP contribution is -2.34. The molecule has 3 N–H and O–H groups in total. The first-order valence-electron chi connectivity index (χ1n) is 6.37. The molecule has 22 heavy (non-hydrogen) atoms. The van der Waals surface area contributed by atoms with Crippen LogP contribution in [0.25, 0.3) is 0 Å². The minimum absolute atomic E-state index is 0. The van der Waals surface area contributed by atoms with Crippen LogP contribution >= 0.6 is 24.0 Å². The summed E-state index contributed by atoms with van der Waals surface area (Å²) in [5, 5.41) is 3.01. The number of methoxy groups -OCH3 is 1. The van der Waals surface area contributed by atoms with Gasteiger partial charge >= 0.3 is 0 Å². The van der Waals surface area contributed by atoms with Crippen molar-refractivity contribution in [2.75, 3.05) is 26.0 Å². The average Bonchev–Trinajstić information content (AvgIpc) is 2.45. The smallest absolute Gasteiger partial charge is 0.222 e. The predicted molar refractivity (Wildman–Crippen MR) is 88.2 cm³/mol. The normalized spacial score (nSPS) is 12.3. The molecule has 0 saturated heterocycles. The number of halogens is 2. The van der Waals surface area contributed by atoms with Gasteiger partial charge in [-0.3, -0.25) is 4.79 Å².